The van der Waals surface area contributed by atoms with Gasteiger partial charge in [0.25, 0.3) is 0 Å². The Kier molecular flexibility index (Phi) is 4.15. The number of aryl methyl sites for hydroxylation is 2. The Bertz CT molecular complexity index is 516. The van der Waals surface area contributed by atoms with Crippen LogP contribution >= 0.6 is 15.9 Å². The normalized spacial score (nSPS) is 12.4. The van der Waals surface area contributed by atoms with Crippen molar-refractivity contribution in [3.8, 4) is 0 Å². The van der Waals surface area contributed by atoms with Crippen molar-refractivity contribution in [1.82, 2.24) is 4.98 Å². The Morgan fingerprint density at radius 2 is 1.83 bits per heavy atom. The van der Waals surface area contributed by atoms with Crippen molar-refractivity contribution < 1.29 is 5.11 Å². The number of pyridine rings is 1. The summed E-state index contributed by atoms with van der Waals surface area (Å²) in [6.07, 6.45) is 1.80. The number of hydrogen-bond acceptors (Lipinski definition) is 2. The molecule has 0 aliphatic carbocycles. The predicted molar refractivity (Wildman–Crippen MR) is 76.5 cm³/mol. The Morgan fingerprint density at radius 3 is 2.39 bits per heavy atom. The van der Waals surface area contributed by atoms with Gasteiger partial charge in [0.05, 0.1) is 6.10 Å². The molecule has 0 aliphatic heterocycles. The van der Waals surface area contributed by atoms with Crippen LogP contribution in [0.1, 0.15) is 28.5 Å². The SMILES string of the molecule is Cc1cccc(C)c1C(O)Cc1ccc(Br)cn1. The smallest absolute Gasteiger partial charge is 0.0850 e. The van der Waals surface area contributed by atoms with Crippen LogP contribution in [0.3, 0.4) is 0 Å². The van der Waals surface area contributed by atoms with E-state index in [1.807, 2.05) is 44.2 Å². The monoisotopic (exact) mass is 305 g/mol. The lowest BCUT2D eigenvalue weighted by molar-refractivity contribution is 0.176. The van der Waals surface area contributed by atoms with Gasteiger partial charge in [-0.15, -0.1) is 0 Å². The highest BCUT2D eigenvalue weighted by atomic mass is 79.9. The summed E-state index contributed by atoms with van der Waals surface area (Å²) in [5, 5.41) is 10.4. The van der Waals surface area contributed by atoms with Crippen LogP contribution in [0.2, 0.25) is 0 Å². The zero-order valence-electron chi connectivity index (χ0n) is 10.5. The van der Waals surface area contributed by atoms with Crippen LogP contribution in [0.15, 0.2) is 41.0 Å². The predicted octanol–water partition coefficient (Wildman–Crippen LogP) is 3.74. The van der Waals surface area contributed by atoms with E-state index < -0.39 is 6.10 Å². The van der Waals surface area contributed by atoms with Gasteiger partial charge in [0.1, 0.15) is 0 Å². The second-order valence-corrected chi connectivity index (χ2v) is 5.41. The van der Waals surface area contributed by atoms with E-state index in [2.05, 4.69) is 20.9 Å². The number of benzene rings is 1. The number of nitrogens with zero attached hydrogens (tertiary/aromatic N) is 1. The first-order valence-corrected chi connectivity index (χ1v) is 6.72. The zero-order valence-corrected chi connectivity index (χ0v) is 12.1. The van der Waals surface area contributed by atoms with Crippen LogP contribution in [0.25, 0.3) is 0 Å². The molecule has 0 radical (unpaired) electrons. The summed E-state index contributed by atoms with van der Waals surface area (Å²) in [4.78, 5) is 4.30. The quantitative estimate of drug-likeness (QED) is 0.937. The molecule has 0 aliphatic rings. The molecule has 1 N–H and O–H groups in total. The third-order valence-electron chi connectivity index (χ3n) is 3.07. The first-order valence-electron chi connectivity index (χ1n) is 5.92. The minimum atomic E-state index is -0.500. The van der Waals surface area contributed by atoms with E-state index in [1.165, 1.54) is 0 Å². The highest BCUT2D eigenvalue weighted by Gasteiger charge is 2.14. The average Bonchev–Trinajstić information content (AvgIpc) is 2.32. The third-order valence-corrected chi connectivity index (χ3v) is 3.54. The van der Waals surface area contributed by atoms with Crippen LogP contribution in [0, 0.1) is 13.8 Å². The lowest BCUT2D eigenvalue weighted by Gasteiger charge is -2.16. The molecular weight excluding hydrogens is 290 g/mol. The fraction of sp³-hybridized carbons (Fsp3) is 0.267. The van der Waals surface area contributed by atoms with Crippen molar-refractivity contribution in [2.24, 2.45) is 0 Å². The molecule has 1 aromatic heterocycles. The molecule has 0 amide bonds. The number of aromatic nitrogens is 1. The summed E-state index contributed by atoms with van der Waals surface area (Å²) in [6, 6.07) is 9.95. The molecule has 18 heavy (non-hydrogen) atoms. The second-order valence-electron chi connectivity index (χ2n) is 4.49. The fourth-order valence-electron chi connectivity index (χ4n) is 2.18. The van der Waals surface area contributed by atoms with Crippen molar-refractivity contribution in [2.45, 2.75) is 26.4 Å². The van der Waals surface area contributed by atoms with Crippen LogP contribution in [-0.4, -0.2) is 10.1 Å². The van der Waals surface area contributed by atoms with E-state index in [-0.39, 0.29) is 0 Å². The summed E-state index contributed by atoms with van der Waals surface area (Å²) in [5.74, 6) is 0. The van der Waals surface area contributed by atoms with Gasteiger partial charge in [0.15, 0.2) is 0 Å². The van der Waals surface area contributed by atoms with E-state index in [4.69, 9.17) is 0 Å². The Labute approximate surface area is 116 Å². The summed E-state index contributed by atoms with van der Waals surface area (Å²) in [7, 11) is 0. The van der Waals surface area contributed by atoms with Crippen molar-refractivity contribution >= 4 is 15.9 Å². The molecule has 0 saturated carbocycles. The summed E-state index contributed by atoms with van der Waals surface area (Å²) in [6.45, 7) is 4.06. The minimum absolute atomic E-state index is 0.500. The average molecular weight is 306 g/mol. The van der Waals surface area contributed by atoms with E-state index >= 15 is 0 Å². The Morgan fingerprint density at radius 1 is 1.17 bits per heavy atom. The number of halogens is 1. The fourth-order valence-corrected chi connectivity index (χ4v) is 2.41. The first-order chi connectivity index (χ1) is 8.58. The van der Waals surface area contributed by atoms with Gasteiger partial charge in [-0.1, -0.05) is 18.2 Å². The molecule has 3 heteroatoms. The van der Waals surface area contributed by atoms with Gasteiger partial charge in [-0.2, -0.15) is 0 Å². The molecule has 1 aromatic carbocycles. The van der Waals surface area contributed by atoms with Crippen LogP contribution in [-0.2, 0) is 6.42 Å². The molecule has 0 saturated heterocycles. The van der Waals surface area contributed by atoms with Crippen molar-refractivity contribution in [3.05, 3.63) is 63.4 Å². The maximum atomic E-state index is 10.4. The van der Waals surface area contributed by atoms with Gasteiger partial charge in [-0.3, -0.25) is 4.98 Å². The van der Waals surface area contributed by atoms with Crippen LogP contribution in [0.4, 0.5) is 0 Å². The highest BCUT2D eigenvalue weighted by Crippen LogP contribution is 2.24. The number of rotatable bonds is 3. The van der Waals surface area contributed by atoms with Gasteiger partial charge in [-0.25, -0.2) is 0 Å². The van der Waals surface area contributed by atoms with Gasteiger partial charge < -0.3 is 5.11 Å². The second kappa shape index (κ2) is 5.63. The first kappa shape index (κ1) is 13.2. The number of aliphatic hydroxyl groups excluding tert-OH is 1. The van der Waals surface area contributed by atoms with E-state index in [0.717, 1.165) is 26.9 Å². The van der Waals surface area contributed by atoms with Crippen molar-refractivity contribution in [2.75, 3.05) is 0 Å². The molecule has 0 fully saturated rings. The highest BCUT2D eigenvalue weighted by molar-refractivity contribution is 9.10. The molecule has 1 heterocycles. The number of hydrogen-bond donors (Lipinski definition) is 1. The largest absolute Gasteiger partial charge is 0.388 e. The van der Waals surface area contributed by atoms with Crippen LogP contribution < -0.4 is 0 Å². The topological polar surface area (TPSA) is 33.1 Å². The Hall–Kier alpha value is -1.19. The summed E-state index contributed by atoms with van der Waals surface area (Å²) in [5.41, 5.74) is 4.16. The molecule has 1 atom stereocenters. The zero-order chi connectivity index (χ0) is 13.1. The van der Waals surface area contributed by atoms with Crippen molar-refractivity contribution in [1.29, 1.82) is 0 Å². The lowest BCUT2D eigenvalue weighted by Crippen LogP contribution is -2.07. The molecular formula is C15H16BrNO. The van der Waals surface area contributed by atoms with E-state index in [1.54, 1.807) is 6.20 Å². The van der Waals surface area contributed by atoms with Gasteiger partial charge >= 0.3 is 0 Å². The molecule has 0 spiro atoms. The van der Waals surface area contributed by atoms with E-state index in [0.29, 0.717) is 6.42 Å². The maximum absolute atomic E-state index is 10.4. The molecule has 2 aromatic rings. The lowest BCUT2D eigenvalue weighted by atomic mass is 9.95. The third kappa shape index (κ3) is 2.98. The molecule has 2 nitrogen and oxygen atoms in total. The Balaban J connectivity index is 2.22. The van der Waals surface area contributed by atoms with Crippen LogP contribution in [0.5, 0.6) is 0 Å². The molecule has 2 rings (SSSR count). The maximum Gasteiger partial charge on any atom is 0.0850 e. The molecule has 1 unspecified atom stereocenters. The van der Waals surface area contributed by atoms with Gasteiger partial charge in [-0.05, 0) is 58.6 Å². The minimum Gasteiger partial charge on any atom is -0.388 e. The number of aliphatic hydroxyl groups is 1. The van der Waals surface area contributed by atoms with Gasteiger partial charge in [0, 0.05) is 22.8 Å². The van der Waals surface area contributed by atoms with Gasteiger partial charge in [0.2, 0.25) is 0 Å². The molecule has 0 bridgehead atoms. The van der Waals surface area contributed by atoms with Crippen molar-refractivity contribution in [3.63, 3.8) is 0 Å². The molecule has 94 valence electrons. The van der Waals surface area contributed by atoms with E-state index in [9.17, 15) is 5.11 Å². The summed E-state index contributed by atoms with van der Waals surface area (Å²) >= 11 is 3.35. The summed E-state index contributed by atoms with van der Waals surface area (Å²) < 4.78 is 0.952. The standard InChI is InChI=1S/C15H16BrNO/c1-10-4-3-5-11(2)15(10)14(18)8-13-7-6-12(16)9-17-13/h3-7,9,14,18H,8H2,1-2H3.